The lowest BCUT2D eigenvalue weighted by Crippen LogP contribution is -2.62. The molecule has 0 aliphatic carbocycles. The lowest BCUT2D eigenvalue weighted by molar-refractivity contribution is 0.255. The topological polar surface area (TPSA) is 92.3 Å². The minimum atomic E-state index is -2.67. The average molecular weight is 858 g/mol. The van der Waals surface area contributed by atoms with Crippen molar-refractivity contribution in [2.45, 2.75) is 170 Å². The van der Waals surface area contributed by atoms with Gasteiger partial charge in [-0.2, -0.15) is 0 Å². The Bertz CT molecular complexity index is 975. The zero-order chi connectivity index (χ0) is 37.8. The van der Waals surface area contributed by atoms with Crippen molar-refractivity contribution in [1.29, 1.82) is 0 Å². The van der Waals surface area contributed by atoms with Crippen molar-refractivity contribution in [2.75, 3.05) is 0 Å². The molecule has 0 aliphatic heterocycles. The Morgan fingerprint density at radius 1 is 0.340 bits per heavy atom. The predicted molar refractivity (Wildman–Crippen MR) is 224 cm³/mol. The second-order valence-electron chi connectivity index (χ2n) is 17.5. The third-order valence-electron chi connectivity index (χ3n) is 6.11. The van der Waals surface area contributed by atoms with E-state index in [9.17, 15) is 0 Å². The summed E-state index contributed by atoms with van der Waals surface area (Å²) in [5.41, 5.74) is 0. The third kappa shape index (κ3) is 23.3. The first-order valence-electron chi connectivity index (χ1n) is 17.3. The van der Waals surface area contributed by atoms with Crippen LogP contribution >= 0.6 is 0 Å². The molecule has 0 saturated heterocycles. The van der Waals surface area contributed by atoms with E-state index in [1.807, 2.05) is 0 Å². The SMILES string of the molecule is CCCC[Si](C)(C)O[Si](C)(C)O[Si](C)(C)O[Si](C)(C)O[Si](C)(C)O[Si](C)(C)O[Si](C)(C)O[Si](C)(C)O[Si](C)(C)O[Si](C)(C)O[SiH](C)C. The van der Waals surface area contributed by atoms with Gasteiger partial charge in [-0.05, 0) is 150 Å². The van der Waals surface area contributed by atoms with E-state index < -0.39 is 94.4 Å². The van der Waals surface area contributed by atoms with Crippen LogP contribution in [0, 0.1) is 0 Å². The van der Waals surface area contributed by atoms with Crippen LogP contribution < -0.4 is 0 Å². The maximum atomic E-state index is 6.79. The summed E-state index contributed by atoms with van der Waals surface area (Å²) in [5.74, 6) is 0. The first kappa shape index (κ1) is 49.0. The van der Waals surface area contributed by atoms with Crippen molar-refractivity contribution in [3.8, 4) is 0 Å². The van der Waals surface area contributed by atoms with Gasteiger partial charge >= 0.3 is 77.0 Å². The molecule has 0 aromatic heterocycles. The number of hydrogen-bond acceptors (Lipinski definition) is 10. The fraction of sp³-hybridized carbons (Fsp3) is 1.00. The molecule has 0 fully saturated rings. The molecule has 284 valence electrons. The Labute approximate surface area is 303 Å². The van der Waals surface area contributed by atoms with Crippen LogP contribution in [-0.2, 0) is 41.2 Å². The van der Waals surface area contributed by atoms with Gasteiger partial charge in [0.2, 0.25) is 0 Å². The normalized spacial score (nSPS) is 15.6. The smallest absolute Gasteiger partial charge is 0.314 e. The maximum absolute atomic E-state index is 6.79. The van der Waals surface area contributed by atoms with E-state index in [1.54, 1.807) is 0 Å². The summed E-state index contributed by atoms with van der Waals surface area (Å²) in [6, 6.07) is 1.15. The van der Waals surface area contributed by atoms with Crippen LogP contribution in [-0.4, -0.2) is 94.4 Å². The van der Waals surface area contributed by atoms with Crippen LogP contribution in [0.1, 0.15) is 19.8 Å². The van der Waals surface area contributed by atoms with Crippen LogP contribution in [0.2, 0.25) is 150 Å². The van der Waals surface area contributed by atoms with E-state index in [0.29, 0.717) is 0 Å². The number of hydrogen-bond donors (Lipinski definition) is 0. The molecule has 0 heterocycles. The molecule has 0 aliphatic rings. The van der Waals surface area contributed by atoms with Gasteiger partial charge in [0.1, 0.15) is 0 Å². The predicted octanol–water partition coefficient (Wildman–Crippen LogP) is 9.46. The second-order valence-corrected chi connectivity index (χ2v) is 57.2. The molecule has 0 unspecified atom stereocenters. The zero-order valence-corrected chi connectivity index (χ0v) is 45.9. The van der Waals surface area contributed by atoms with E-state index in [-0.39, 0.29) is 0 Å². The highest BCUT2D eigenvalue weighted by Crippen LogP contribution is 2.31. The zero-order valence-electron chi connectivity index (χ0n) is 34.8. The van der Waals surface area contributed by atoms with Crippen LogP contribution in [0.25, 0.3) is 0 Å². The fourth-order valence-electron chi connectivity index (χ4n) is 6.81. The van der Waals surface area contributed by atoms with E-state index in [0.717, 1.165) is 6.04 Å². The van der Waals surface area contributed by atoms with E-state index in [2.05, 4.69) is 151 Å². The summed E-state index contributed by atoms with van der Waals surface area (Å²) in [4.78, 5) is 0. The number of unbranched alkanes of at least 4 members (excludes halogenated alkanes) is 1. The van der Waals surface area contributed by atoms with Gasteiger partial charge in [0, 0.05) is 0 Å². The molecule has 0 aromatic rings. The summed E-state index contributed by atoms with van der Waals surface area (Å²) in [7, 11) is -26.0. The average Bonchev–Trinajstić information content (AvgIpc) is 2.61. The van der Waals surface area contributed by atoms with E-state index >= 15 is 0 Å². The van der Waals surface area contributed by atoms with Crippen LogP contribution in [0.3, 0.4) is 0 Å². The standard InChI is InChI=1S/C26H76O10Si11/c1-24-25-26-38(4,5)28-40(8,9)30-42(12,13)32-44(16,17)34-46(20,21)36-47(22,23)35-45(18,19)33-43(14,15)31-41(10,11)29-39(6,7)27-37(2)3/h37H,24-26H2,1-23H3. The summed E-state index contributed by atoms with van der Waals surface area (Å²) < 4.78 is 66.8. The molecule has 0 atom stereocenters. The Balaban J connectivity index is 5.49. The lowest BCUT2D eigenvalue weighted by Gasteiger charge is -2.44. The Morgan fingerprint density at radius 3 is 0.766 bits per heavy atom. The molecule has 0 amide bonds. The van der Waals surface area contributed by atoms with E-state index in [1.165, 1.54) is 12.8 Å². The Hall–Kier alpha value is 1.99. The maximum Gasteiger partial charge on any atom is 0.314 e. The minimum Gasteiger partial charge on any atom is -0.440 e. The second kappa shape index (κ2) is 17.4. The van der Waals surface area contributed by atoms with Crippen molar-refractivity contribution in [3.05, 3.63) is 0 Å². The minimum absolute atomic E-state index is 1.15. The summed E-state index contributed by atoms with van der Waals surface area (Å²) >= 11 is 0. The molecule has 0 spiro atoms. The van der Waals surface area contributed by atoms with Gasteiger partial charge in [-0.3, -0.25) is 0 Å². The van der Waals surface area contributed by atoms with Crippen molar-refractivity contribution >= 4 is 94.4 Å². The largest absolute Gasteiger partial charge is 0.440 e. The fourth-order valence-corrected chi connectivity index (χ4v) is 61.1. The molecule has 0 radical (unpaired) electrons. The molecule has 0 rings (SSSR count). The van der Waals surface area contributed by atoms with Gasteiger partial charge in [-0.25, -0.2) is 0 Å². The monoisotopic (exact) mass is 856 g/mol. The highest BCUT2D eigenvalue weighted by molar-refractivity contribution is 6.93. The molecule has 47 heavy (non-hydrogen) atoms. The number of rotatable bonds is 23. The Kier molecular flexibility index (Phi) is 18.2. The van der Waals surface area contributed by atoms with Gasteiger partial charge in [0.25, 0.3) is 0 Å². The molecule has 0 N–H and O–H groups in total. The quantitative estimate of drug-likeness (QED) is 0.0927. The van der Waals surface area contributed by atoms with Gasteiger partial charge in [0.05, 0.1) is 0 Å². The van der Waals surface area contributed by atoms with Gasteiger partial charge in [-0.1, -0.05) is 19.8 Å². The molecular formula is C26H76O10Si11. The van der Waals surface area contributed by atoms with Crippen LogP contribution in [0.4, 0.5) is 0 Å². The summed E-state index contributed by atoms with van der Waals surface area (Å²) in [6.45, 7) is 48.9. The van der Waals surface area contributed by atoms with Crippen molar-refractivity contribution < 1.29 is 41.2 Å². The molecular weight excluding hydrogens is 781 g/mol. The first-order valence-corrected chi connectivity index (χ1v) is 48.6. The molecule has 0 saturated carbocycles. The van der Waals surface area contributed by atoms with Crippen molar-refractivity contribution in [1.82, 2.24) is 0 Å². The van der Waals surface area contributed by atoms with Crippen LogP contribution in [0.5, 0.6) is 0 Å². The van der Waals surface area contributed by atoms with E-state index in [4.69, 9.17) is 41.2 Å². The van der Waals surface area contributed by atoms with Crippen molar-refractivity contribution in [2.24, 2.45) is 0 Å². The van der Waals surface area contributed by atoms with Crippen LogP contribution in [0.15, 0.2) is 0 Å². The third-order valence-corrected chi connectivity index (χ3v) is 47.5. The molecule has 10 nitrogen and oxygen atoms in total. The molecule has 0 bridgehead atoms. The Morgan fingerprint density at radius 2 is 0.553 bits per heavy atom. The highest BCUT2D eigenvalue weighted by Gasteiger charge is 2.50. The van der Waals surface area contributed by atoms with Gasteiger partial charge in [0.15, 0.2) is 17.4 Å². The molecule has 0 aromatic carbocycles. The molecule has 21 heteroatoms. The van der Waals surface area contributed by atoms with Gasteiger partial charge < -0.3 is 41.2 Å². The summed E-state index contributed by atoms with van der Waals surface area (Å²) in [5, 5.41) is 0. The highest BCUT2D eigenvalue weighted by atomic mass is 28.5. The first-order chi connectivity index (χ1) is 20.3. The van der Waals surface area contributed by atoms with Crippen molar-refractivity contribution in [3.63, 3.8) is 0 Å². The lowest BCUT2D eigenvalue weighted by atomic mass is 10.4. The van der Waals surface area contributed by atoms with Gasteiger partial charge in [-0.15, -0.1) is 0 Å². The summed E-state index contributed by atoms with van der Waals surface area (Å²) in [6.07, 6.45) is 2.38.